The summed E-state index contributed by atoms with van der Waals surface area (Å²) in [5, 5.41) is 3.45. The summed E-state index contributed by atoms with van der Waals surface area (Å²) >= 11 is 3.48. The summed E-state index contributed by atoms with van der Waals surface area (Å²) < 4.78 is 11.9. The Morgan fingerprint density at radius 3 is 2.47 bits per heavy atom. The van der Waals surface area contributed by atoms with Crippen molar-refractivity contribution in [2.45, 2.75) is 19.5 Å². The summed E-state index contributed by atoms with van der Waals surface area (Å²) in [6.45, 7) is 6.19. The Kier molecular flexibility index (Phi) is 5.07. The van der Waals surface area contributed by atoms with Gasteiger partial charge >= 0.3 is 0 Å². The maximum atomic E-state index is 5.48. The fourth-order valence-electron chi connectivity index (χ4n) is 2.49. The number of piperazine rings is 1. The number of ether oxygens (including phenoxy) is 2. The molecule has 106 valence electrons. The zero-order chi connectivity index (χ0) is 13.8. The standard InChI is InChI=1S/C14H21BrN2O2/c1-10-8-17(5-4-16-10)9-12-13(18-2)6-11(15)7-14(12)19-3/h6-7,10,16H,4-5,8-9H2,1-3H3/t10-/m0/s1. The Bertz CT molecular complexity index is 414. The average molecular weight is 329 g/mol. The molecule has 0 unspecified atom stereocenters. The molecule has 1 saturated heterocycles. The van der Waals surface area contributed by atoms with Crippen molar-refractivity contribution in [2.24, 2.45) is 0 Å². The summed E-state index contributed by atoms with van der Waals surface area (Å²) in [5.41, 5.74) is 1.11. The van der Waals surface area contributed by atoms with Crippen LogP contribution in [-0.4, -0.2) is 44.8 Å². The molecule has 0 aliphatic carbocycles. The summed E-state index contributed by atoms with van der Waals surface area (Å²) in [6.07, 6.45) is 0. The van der Waals surface area contributed by atoms with Gasteiger partial charge in [0.05, 0.1) is 19.8 Å². The third-order valence-corrected chi connectivity index (χ3v) is 3.87. The topological polar surface area (TPSA) is 33.7 Å². The van der Waals surface area contributed by atoms with Crippen LogP contribution in [-0.2, 0) is 6.54 Å². The lowest BCUT2D eigenvalue weighted by molar-refractivity contribution is 0.195. The molecular weight excluding hydrogens is 308 g/mol. The van der Waals surface area contributed by atoms with E-state index in [4.69, 9.17) is 9.47 Å². The van der Waals surface area contributed by atoms with Crippen LogP contribution in [0.3, 0.4) is 0 Å². The van der Waals surface area contributed by atoms with Gasteiger partial charge < -0.3 is 14.8 Å². The minimum absolute atomic E-state index is 0.529. The third-order valence-electron chi connectivity index (χ3n) is 3.41. The van der Waals surface area contributed by atoms with Gasteiger partial charge in [-0.1, -0.05) is 15.9 Å². The van der Waals surface area contributed by atoms with E-state index in [2.05, 4.69) is 33.1 Å². The molecule has 0 aromatic heterocycles. The number of methoxy groups -OCH3 is 2. The first-order valence-electron chi connectivity index (χ1n) is 6.50. The molecule has 0 saturated carbocycles. The zero-order valence-electron chi connectivity index (χ0n) is 11.7. The van der Waals surface area contributed by atoms with Crippen molar-refractivity contribution in [3.63, 3.8) is 0 Å². The molecule has 19 heavy (non-hydrogen) atoms. The summed E-state index contributed by atoms with van der Waals surface area (Å²) in [5.74, 6) is 1.75. The van der Waals surface area contributed by atoms with E-state index < -0.39 is 0 Å². The fraction of sp³-hybridized carbons (Fsp3) is 0.571. The lowest BCUT2D eigenvalue weighted by atomic mass is 10.1. The second-order valence-electron chi connectivity index (χ2n) is 4.88. The molecule has 1 heterocycles. The molecule has 4 nitrogen and oxygen atoms in total. The predicted molar refractivity (Wildman–Crippen MR) is 80.0 cm³/mol. The number of nitrogens with one attached hydrogen (secondary N) is 1. The highest BCUT2D eigenvalue weighted by atomic mass is 79.9. The highest BCUT2D eigenvalue weighted by molar-refractivity contribution is 9.10. The van der Waals surface area contributed by atoms with E-state index in [9.17, 15) is 0 Å². The van der Waals surface area contributed by atoms with Crippen LogP contribution in [0, 0.1) is 0 Å². The van der Waals surface area contributed by atoms with E-state index in [-0.39, 0.29) is 0 Å². The smallest absolute Gasteiger partial charge is 0.128 e. The van der Waals surface area contributed by atoms with Crippen LogP contribution >= 0.6 is 15.9 Å². The highest BCUT2D eigenvalue weighted by Gasteiger charge is 2.20. The van der Waals surface area contributed by atoms with Gasteiger partial charge in [-0.2, -0.15) is 0 Å². The molecule has 0 spiro atoms. The van der Waals surface area contributed by atoms with E-state index in [1.165, 1.54) is 0 Å². The Hall–Kier alpha value is -0.780. The normalized spacial score (nSPS) is 20.3. The minimum Gasteiger partial charge on any atom is -0.496 e. The van der Waals surface area contributed by atoms with Crippen LogP contribution in [0.4, 0.5) is 0 Å². The number of benzene rings is 1. The van der Waals surface area contributed by atoms with Crippen LogP contribution in [0.2, 0.25) is 0 Å². The van der Waals surface area contributed by atoms with Gasteiger partial charge in [0.15, 0.2) is 0 Å². The van der Waals surface area contributed by atoms with E-state index in [0.29, 0.717) is 6.04 Å². The quantitative estimate of drug-likeness (QED) is 0.919. The number of rotatable bonds is 4. The summed E-state index contributed by atoms with van der Waals surface area (Å²) in [4.78, 5) is 2.43. The Balaban J connectivity index is 2.22. The lowest BCUT2D eigenvalue weighted by Gasteiger charge is -2.32. The molecule has 1 fully saturated rings. The van der Waals surface area contributed by atoms with Crippen molar-refractivity contribution < 1.29 is 9.47 Å². The Morgan fingerprint density at radius 2 is 1.95 bits per heavy atom. The first-order valence-corrected chi connectivity index (χ1v) is 7.29. The van der Waals surface area contributed by atoms with Gasteiger partial charge in [0, 0.05) is 36.7 Å². The molecule has 1 aromatic rings. The molecule has 1 atom stereocenters. The van der Waals surface area contributed by atoms with E-state index in [0.717, 1.165) is 47.7 Å². The zero-order valence-corrected chi connectivity index (χ0v) is 13.3. The van der Waals surface area contributed by atoms with Crippen LogP contribution in [0.25, 0.3) is 0 Å². The fourth-order valence-corrected chi connectivity index (χ4v) is 2.90. The average Bonchev–Trinajstić information content (AvgIpc) is 2.40. The van der Waals surface area contributed by atoms with Gasteiger partial charge in [-0.05, 0) is 19.1 Å². The number of hydrogen-bond donors (Lipinski definition) is 1. The van der Waals surface area contributed by atoms with Crippen LogP contribution < -0.4 is 14.8 Å². The monoisotopic (exact) mass is 328 g/mol. The second-order valence-corrected chi connectivity index (χ2v) is 5.79. The summed E-state index contributed by atoms with van der Waals surface area (Å²) in [7, 11) is 3.40. The second kappa shape index (κ2) is 6.59. The largest absolute Gasteiger partial charge is 0.496 e. The molecule has 2 rings (SSSR count). The van der Waals surface area contributed by atoms with Gasteiger partial charge in [0.2, 0.25) is 0 Å². The molecular formula is C14H21BrN2O2. The molecule has 1 N–H and O–H groups in total. The van der Waals surface area contributed by atoms with Crippen molar-refractivity contribution >= 4 is 15.9 Å². The Morgan fingerprint density at radius 1 is 1.32 bits per heavy atom. The Labute approximate surface area is 123 Å². The number of halogens is 1. The molecule has 1 aliphatic heterocycles. The molecule has 1 aromatic carbocycles. The van der Waals surface area contributed by atoms with Crippen molar-refractivity contribution in [1.29, 1.82) is 0 Å². The van der Waals surface area contributed by atoms with Gasteiger partial charge in [0.25, 0.3) is 0 Å². The van der Waals surface area contributed by atoms with Gasteiger partial charge in [0.1, 0.15) is 11.5 Å². The third kappa shape index (κ3) is 3.61. The van der Waals surface area contributed by atoms with Crippen molar-refractivity contribution in [3.8, 4) is 11.5 Å². The number of hydrogen-bond acceptors (Lipinski definition) is 4. The number of nitrogens with zero attached hydrogens (tertiary/aromatic N) is 1. The maximum absolute atomic E-state index is 5.48. The maximum Gasteiger partial charge on any atom is 0.128 e. The first kappa shape index (κ1) is 14.6. The van der Waals surface area contributed by atoms with E-state index >= 15 is 0 Å². The van der Waals surface area contributed by atoms with Gasteiger partial charge in [-0.25, -0.2) is 0 Å². The molecule has 0 amide bonds. The first-order chi connectivity index (χ1) is 9.13. The highest BCUT2D eigenvalue weighted by Crippen LogP contribution is 2.34. The van der Waals surface area contributed by atoms with Crippen molar-refractivity contribution in [2.75, 3.05) is 33.9 Å². The van der Waals surface area contributed by atoms with Crippen LogP contribution in [0.15, 0.2) is 16.6 Å². The molecule has 5 heteroatoms. The summed E-state index contributed by atoms with van der Waals surface area (Å²) in [6, 6.07) is 4.51. The predicted octanol–water partition coefficient (Wildman–Crippen LogP) is 2.26. The SMILES string of the molecule is COc1cc(Br)cc(OC)c1CN1CCN[C@@H](C)C1. The van der Waals surface area contributed by atoms with Gasteiger partial charge in [-0.15, -0.1) is 0 Å². The lowest BCUT2D eigenvalue weighted by Crippen LogP contribution is -2.48. The van der Waals surface area contributed by atoms with Crippen molar-refractivity contribution in [3.05, 3.63) is 22.2 Å². The molecule has 0 bridgehead atoms. The molecule has 0 radical (unpaired) electrons. The van der Waals surface area contributed by atoms with Gasteiger partial charge in [-0.3, -0.25) is 4.90 Å². The van der Waals surface area contributed by atoms with E-state index in [1.807, 2.05) is 12.1 Å². The minimum atomic E-state index is 0.529. The van der Waals surface area contributed by atoms with Crippen LogP contribution in [0.1, 0.15) is 12.5 Å². The van der Waals surface area contributed by atoms with Crippen molar-refractivity contribution in [1.82, 2.24) is 10.2 Å². The van der Waals surface area contributed by atoms with Crippen LogP contribution in [0.5, 0.6) is 11.5 Å². The molecule has 1 aliphatic rings. The van der Waals surface area contributed by atoms with E-state index in [1.54, 1.807) is 14.2 Å².